The molecule has 7 heteroatoms. The summed E-state index contributed by atoms with van der Waals surface area (Å²) in [5.41, 5.74) is 1.73. The number of rotatable bonds is 5. The number of esters is 1. The smallest absolute Gasteiger partial charge is 0.324 e. The Morgan fingerprint density at radius 1 is 1.24 bits per heavy atom. The van der Waals surface area contributed by atoms with Crippen LogP contribution in [0, 0.1) is 6.92 Å². The van der Waals surface area contributed by atoms with Crippen LogP contribution in [0.1, 0.15) is 33.6 Å². The highest BCUT2D eigenvalue weighted by atomic mass is 16.7. The summed E-state index contributed by atoms with van der Waals surface area (Å²) in [6.07, 6.45) is 2.60. The molecule has 2 aromatic heterocycles. The van der Waals surface area contributed by atoms with Crippen LogP contribution >= 0.6 is 0 Å². The lowest BCUT2D eigenvalue weighted by atomic mass is 9.67. The fourth-order valence-corrected chi connectivity index (χ4v) is 4.08. The molecule has 1 aliphatic rings. The fraction of sp³-hybridized carbons (Fsp3) is 0.318. The number of hydrogen-bond acceptors (Lipinski definition) is 6. The molecule has 2 heterocycles. The first-order chi connectivity index (χ1) is 14.0. The van der Waals surface area contributed by atoms with E-state index in [-0.39, 0.29) is 12.6 Å². The van der Waals surface area contributed by atoms with E-state index in [0.717, 1.165) is 5.56 Å². The minimum Gasteiger partial charge on any atom is -0.468 e. The monoisotopic (exact) mass is 394 g/mol. The number of hydrogen-bond donors (Lipinski definition) is 0. The molecule has 4 rings (SSSR count). The molecular weight excluding hydrogens is 372 g/mol. The zero-order valence-corrected chi connectivity index (χ0v) is 16.6. The van der Waals surface area contributed by atoms with E-state index in [1.54, 1.807) is 16.6 Å². The largest absolute Gasteiger partial charge is 0.468 e. The van der Waals surface area contributed by atoms with Gasteiger partial charge >= 0.3 is 5.97 Å². The number of benzene rings is 1. The number of methoxy groups -OCH3 is 2. The Hall–Kier alpha value is -3.19. The predicted molar refractivity (Wildman–Crippen MR) is 105 cm³/mol. The van der Waals surface area contributed by atoms with Crippen molar-refractivity contribution in [2.45, 2.75) is 25.2 Å². The third-order valence-electron chi connectivity index (χ3n) is 5.39. The summed E-state index contributed by atoms with van der Waals surface area (Å²) < 4.78 is 17.5. The van der Waals surface area contributed by atoms with Gasteiger partial charge in [-0.05, 0) is 37.0 Å². The second-order valence-electron chi connectivity index (χ2n) is 7.14. The Kier molecular flexibility index (Phi) is 4.84. The SMILES string of the molecule is COCOc1cc(C)cn2nc3c(c12)C(=O)C(C(=O)OC)(c1ccccc1)CC3. The van der Waals surface area contributed by atoms with Crippen LogP contribution in [-0.2, 0) is 26.1 Å². The Labute approximate surface area is 168 Å². The van der Waals surface area contributed by atoms with E-state index < -0.39 is 11.4 Å². The van der Waals surface area contributed by atoms with Crippen LogP contribution in [0.15, 0.2) is 42.6 Å². The van der Waals surface area contributed by atoms with Crippen molar-refractivity contribution >= 4 is 17.3 Å². The fourth-order valence-electron chi connectivity index (χ4n) is 4.08. The molecule has 0 saturated carbocycles. The molecule has 1 unspecified atom stereocenters. The van der Waals surface area contributed by atoms with Crippen LogP contribution in [-0.4, -0.2) is 42.4 Å². The van der Waals surface area contributed by atoms with Crippen LogP contribution in [0.5, 0.6) is 5.75 Å². The number of carbonyl (C=O) groups is 2. The second kappa shape index (κ2) is 7.33. The molecule has 0 radical (unpaired) electrons. The maximum absolute atomic E-state index is 13.9. The summed E-state index contributed by atoms with van der Waals surface area (Å²) in [6.45, 7) is 1.96. The highest BCUT2D eigenvalue weighted by Crippen LogP contribution is 2.42. The highest BCUT2D eigenvalue weighted by molar-refractivity contribution is 6.21. The van der Waals surface area contributed by atoms with Crippen molar-refractivity contribution in [3.05, 3.63) is 65.0 Å². The van der Waals surface area contributed by atoms with E-state index in [9.17, 15) is 9.59 Å². The van der Waals surface area contributed by atoms with Crippen LogP contribution in [0.25, 0.3) is 5.52 Å². The molecule has 3 aromatic rings. The first-order valence-electron chi connectivity index (χ1n) is 9.35. The number of ketones is 1. The van der Waals surface area contributed by atoms with Crippen LogP contribution in [0.2, 0.25) is 0 Å². The van der Waals surface area contributed by atoms with Crippen molar-refractivity contribution < 1.29 is 23.8 Å². The number of carbonyl (C=O) groups excluding carboxylic acids is 2. The summed E-state index contributed by atoms with van der Waals surface area (Å²) >= 11 is 0. The molecule has 1 aromatic carbocycles. The summed E-state index contributed by atoms with van der Waals surface area (Å²) in [4.78, 5) is 26.8. The van der Waals surface area contributed by atoms with Gasteiger partial charge in [-0.2, -0.15) is 5.10 Å². The van der Waals surface area contributed by atoms with Gasteiger partial charge in [-0.25, -0.2) is 4.52 Å². The molecular formula is C22H22N2O5. The highest BCUT2D eigenvalue weighted by Gasteiger charge is 2.53. The first kappa shape index (κ1) is 19.1. The molecule has 0 bridgehead atoms. The number of aromatic nitrogens is 2. The van der Waals surface area contributed by atoms with Crippen LogP contribution < -0.4 is 4.74 Å². The standard InChI is InChI=1S/C22H22N2O5/c1-14-11-17(29-13-27-2)19-18-16(23-24(19)12-14)9-10-22(20(18)25,21(26)28-3)15-7-5-4-6-8-15/h4-8,11-12H,9-10,13H2,1-3H3. The normalized spacial score (nSPS) is 18.5. The van der Waals surface area contributed by atoms with Gasteiger partial charge in [-0.3, -0.25) is 9.59 Å². The van der Waals surface area contributed by atoms with Crippen molar-refractivity contribution in [1.29, 1.82) is 0 Å². The van der Waals surface area contributed by atoms with E-state index >= 15 is 0 Å². The van der Waals surface area contributed by atoms with Crippen molar-refractivity contribution in [2.24, 2.45) is 0 Å². The lowest BCUT2D eigenvalue weighted by Crippen LogP contribution is -2.47. The van der Waals surface area contributed by atoms with Gasteiger partial charge in [0.1, 0.15) is 11.3 Å². The summed E-state index contributed by atoms with van der Waals surface area (Å²) in [7, 11) is 2.84. The number of pyridine rings is 1. The topological polar surface area (TPSA) is 79.1 Å². The van der Waals surface area contributed by atoms with Gasteiger partial charge in [0.05, 0.1) is 18.4 Å². The third kappa shape index (κ3) is 2.89. The van der Waals surface area contributed by atoms with Gasteiger partial charge in [0.2, 0.25) is 0 Å². The maximum Gasteiger partial charge on any atom is 0.324 e. The molecule has 0 saturated heterocycles. The molecule has 0 spiro atoms. The molecule has 7 nitrogen and oxygen atoms in total. The summed E-state index contributed by atoms with van der Waals surface area (Å²) in [5.74, 6) is -0.397. The van der Waals surface area contributed by atoms with E-state index in [2.05, 4.69) is 5.10 Å². The van der Waals surface area contributed by atoms with Gasteiger partial charge in [-0.15, -0.1) is 0 Å². The van der Waals surface area contributed by atoms with E-state index in [4.69, 9.17) is 14.2 Å². The lowest BCUT2D eigenvalue weighted by molar-refractivity contribution is -0.145. The average molecular weight is 394 g/mol. The van der Waals surface area contributed by atoms with Gasteiger partial charge in [0.25, 0.3) is 0 Å². The number of fused-ring (bicyclic) bond motifs is 3. The van der Waals surface area contributed by atoms with Gasteiger partial charge in [0, 0.05) is 13.3 Å². The first-order valence-corrected chi connectivity index (χ1v) is 9.35. The lowest BCUT2D eigenvalue weighted by Gasteiger charge is -2.33. The molecule has 1 aliphatic carbocycles. The molecule has 150 valence electrons. The minimum atomic E-state index is -1.41. The molecule has 0 amide bonds. The number of ether oxygens (including phenoxy) is 3. The summed E-state index contributed by atoms with van der Waals surface area (Å²) in [5, 5.41) is 4.60. The van der Waals surface area contributed by atoms with Gasteiger partial charge in [0.15, 0.2) is 18.0 Å². The van der Waals surface area contributed by atoms with Crippen LogP contribution in [0.3, 0.4) is 0 Å². The Balaban J connectivity index is 1.96. The zero-order chi connectivity index (χ0) is 20.6. The maximum atomic E-state index is 13.9. The zero-order valence-electron chi connectivity index (χ0n) is 16.6. The second-order valence-corrected chi connectivity index (χ2v) is 7.14. The summed E-state index contributed by atoms with van der Waals surface area (Å²) in [6, 6.07) is 10.9. The Bertz CT molecular complexity index is 1090. The van der Waals surface area contributed by atoms with Gasteiger partial charge in [-0.1, -0.05) is 30.3 Å². The van der Waals surface area contributed by atoms with Gasteiger partial charge < -0.3 is 14.2 Å². The molecule has 0 fully saturated rings. The van der Waals surface area contributed by atoms with Crippen LogP contribution in [0.4, 0.5) is 0 Å². The van der Waals surface area contributed by atoms with E-state index in [0.29, 0.717) is 40.9 Å². The van der Waals surface area contributed by atoms with Crippen molar-refractivity contribution in [3.63, 3.8) is 0 Å². The van der Waals surface area contributed by atoms with E-state index in [1.807, 2.05) is 37.4 Å². The third-order valence-corrected chi connectivity index (χ3v) is 5.39. The van der Waals surface area contributed by atoms with E-state index in [1.165, 1.54) is 14.2 Å². The number of nitrogens with zero attached hydrogens (tertiary/aromatic N) is 2. The number of aryl methyl sites for hydroxylation is 2. The molecule has 0 N–H and O–H groups in total. The number of Topliss-reactive ketones (excluding diaryl/α,β-unsaturated/α-hetero) is 1. The molecule has 29 heavy (non-hydrogen) atoms. The Morgan fingerprint density at radius 3 is 2.69 bits per heavy atom. The van der Waals surface area contributed by atoms with Crippen molar-refractivity contribution in [1.82, 2.24) is 9.61 Å². The quantitative estimate of drug-likeness (QED) is 0.376. The molecule has 1 atom stereocenters. The predicted octanol–water partition coefficient (Wildman–Crippen LogP) is 2.87. The van der Waals surface area contributed by atoms with Crippen molar-refractivity contribution in [2.75, 3.05) is 21.0 Å². The Morgan fingerprint density at radius 2 is 2.00 bits per heavy atom. The minimum absolute atomic E-state index is 0.0358. The van der Waals surface area contributed by atoms with Crippen molar-refractivity contribution in [3.8, 4) is 5.75 Å². The molecule has 0 aliphatic heterocycles. The average Bonchev–Trinajstić information content (AvgIpc) is 3.11.